The molecule has 0 radical (unpaired) electrons. The molecule has 1 aromatic rings. The summed E-state index contributed by atoms with van der Waals surface area (Å²) in [6.07, 6.45) is 2.76. The number of hydrogen-bond acceptors (Lipinski definition) is 3. The van der Waals surface area contributed by atoms with Crippen molar-refractivity contribution in [1.82, 2.24) is 5.32 Å². The predicted octanol–water partition coefficient (Wildman–Crippen LogP) is 2.83. The summed E-state index contributed by atoms with van der Waals surface area (Å²) in [5, 5.41) is 5.77. The van der Waals surface area contributed by atoms with Crippen molar-refractivity contribution in [1.29, 1.82) is 0 Å². The van der Waals surface area contributed by atoms with Crippen LogP contribution in [0, 0.1) is 5.92 Å². The molecular formula is C12H19NOS. The summed E-state index contributed by atoms with van der Waals surface area (Å²) in [4.78, 5) is 1.48. The molecule has 1 aliphatic carbocycles. The van der Waals surface area contributed by atoms with Gasteiger partial charge in [0, 0.05) is 24.1 Å². The highest BCUT2D eigenvalue weighted by molar-refractivity contribution is 7.10. The molecule has 1 aliphatic rings. The highest BCUT2D eigenvalue weighted by Crippen LogP contribution is 2.42. The first-order valence-electron chi connectivity index (χ1n) is 5.76. The molecule has 0 amide bonds. The molecule has 0 aromatic carbocycles. The first-order valence-corrected chi connectivity index (χ1v) is 6.64. The van der Waals surface area contributed by atoms with E-state index in [9.17, 15) is 0 Å². The smallest absolute Gasteiger partial charge is 0.0590 e. The Kier molecular flexibility index (Phi) is 4.18. The van der Waals surface area contributed by atoms with Gasteiger partial charge in [-0.25, -0.2) is 0 Å². The molecule has 84 valence electrons. The zero-order valence-corrected chi connectivity index (χ0v) is 10.1. The largest absolute Gasteiger partial charge is 0.380 e. The molecule has 15 heavy (non-hydrogen) atoms. The number of ether oxygens (including phenoxy) is 1. The molecule has 1 saturated carbocycles. The van der Waals surface area contributed by atoms with Gasteiger partial charge in [-0.1, -0.05) is 6.07 Å². The van der Waals surface area contributed by atoms with Crippen molar-refractivity contribution < 1.29 is 4.74 Å². The van der Waals surface area contributed by atoms with E-state index in [0.29, 0.717) is 6.04 Å². The summed E-state index contributed by atoms with van der Waals surface area (Å²) in [5.74, 6) is 0.866. The van der Waals surface area contributed by atoms with Gasteiger partial charge in [0.1, 0.15) is 0 Å². The minimum absolute atomic E-state index is 0.574. The molecule has 0 saturated heterocycles. The molecule has 1 unspecified atom stereocenters. The summed E-state index contributed by atoms with van der Waals surface area (Å²) < 4.78 is 5.34. The first-order chi connectivity index (χ1) is 7.42. The summed E-state index contributed by atoms with van der Waals surface area (Å²) >= 11 is 1.86. The molecule has 1 heterocycles. The fraction of sp³-hybridized carbons (Fsp3) is 0.667. The van der Waals surface area contributed by atoms with Crippen LogP contribution >= 0.6 is 11.3 Å². The first kappa shape index (κ1) is 11.1. The molecule has 2 nitrogen and oxygen atoms in total. The van der Waals surface area contributed by atoms with Crippen molar-refractivity contribution in [3.05, 3.63) is 22.4 Å². The van der Waals surface area contributed by atoms with Crippen LogP contribution in [0.1, 0.15) is 30.7 Å². The van der Waals surface area contributed by atoms with E-state index >= 15 is 0 Å². The van der Waals surface area contributed by atoms with Crippen molar-refractivity contribution in [3.8, 4) is 0 Å². The van der Waals surface area contributed by atoms with Crippen LogP contribution in [-0.2, 0) is 4.74 Å². The zero-order valence-electron chi connectivity index (χ0n) is 9.24. The molecule has 2 rings (SSSR count). The third kappa shape index (κ3) is 3.30. The van der Waals surface area contributed by atoms with Crippen molar-refractivity contribution in [2.75, 3.05) is 19.8 Å². The highest BCUT2D eigenvalue weighted by atomic mass is 32.1. The van der Waals surface area contributed by atoms with Crippen molar-refractivity contribution in [3.63, 3.8) is 0 Å². The van der Waals surface area contributed by atoms with Crippen LogP contribution in [0.4, 0.5) is 0 Å². The van der Waals surface area contributed by atoms with E-state index in [1.807, 2.05) is 18.3 Å². The third-order valence-corrected chi connectivity index (χ3v) is 3.71. The Balaban J connectivity index is 1.79. The second kappa shape index (κ2) is 5.64. The standard InChI is InChI=1S/C12H19NOS/c1-2-14-8-7-13-12(10-5-6-10)11-4-3-9-15-11/h3-4,9-10,12-13H,2,5-8H2,1H3. The van der Waals surface area contributed by atoms with Crippen LogP contribution < -0.4 is 5.32 Å². The number of thiophene rings is 1. The monoisotopic (exact) mass is 225 g/mol. The number of nitrogens with one attached hydrogen (secondary N) is 1. The molecule has 1 N–H and O–H groups in total. The summed E-state index contributed by atoms with van der Waals surface area (Å²) in [6, 6.07) is 4.95. The van der Waals surface area contributed by atoms with Crippen LogP contribution in [-0.4, -0.2) is 19.8 Å². The van der Waals surface area contributed by atoms with Crippen LogP contribution in [0.3, 0.4) is 0 Å². The summed E-state index contributed by atoms with van der Waals surface area (Å²) in [7, 11) is 0. The molecule has 1 fully saturated rings. The Morgan fingerprint density at radius 1 is 1.60 bits per heavy atom. The zero-order chi connectivity index (χ0) is 10.5. The molecule has 0 bridgehead atoms. The normalized spacial score (nSPS) is 17.9. The van der Waals surface area contributed by atoms with Crippen LogP contribution in [0.2, 0.25) is 0 Å². The van der Waals surface area contributed by atoms with Gasteiger partial charge in [-0.2, -0.15) is 0 Å². The van der Waals surface area contributed by atoms with Gasteiger partial charge < -0.3 is 10.1 Å². The van der Waals surface area contributed by atoms with Gasteiger partial charge in [0.15, 0.2) is 0 Å². The van der Waals surface area contributed by atoms with Gasteiger partial charge in [0.2, 0.25) is 0 Å². The van der Waals surface area contributed by atoms with Gasteiger partial charge in [-0.3, -0.25) is 0 Å². The predicted molar refractivity (Wildman–Crippen MR) is 64.3 cm³/mol. The van der Waals surface area contributed by atoms with Gasteiger partial charge in [0.25, 0.3) is 0 Å². The van der Waals surface area contributed by atoms with Crippen molar-refractivity contribution >= 4 is 11.3 Å². The molecule has 1 aromatic heterocycles. The van der Waals surface area contributed by atoms with Gasteiger partial charge in [-0.15, -0.1) is 11.3 Å². The Hall–Kier alpha value is -0.380. The third-order valence-electron chi connectivity index (χ3n) is 2.76. The fourth-order valence-corrected chi connectivity index (χ4v) is 2.72. The molecule has 1 atom stereocenters. The lowest BCUT2D eigenvalue weighted by atomic mass is 10.1. The lowest BCUT2D eigenvalue weighted by Crippen LogP contribution is -2.26. The van der Waals surface area contributed by atoms with Crippen molar-refractivity contribution in [2.45, 2.75) is 25.8 Å². The van der Waals surface area contributed by atoms with E-state index in [2.05, 4.69) is 22.8 Å². The SMILES string of the molecule is CCOCCNC(c1cccs1)C1CC1. The van der Waals surface area contributed by atoms with Gasteiger partial charge in [-0.05, 0) is 37.1 Å². The maximum Gasteiger partial charge on any atom is 0.0590 e. The highest BCUT2D eigenvalue weighted by Gasteiger charge is 2.32. The second-order valence-electron chi connectivity index (χ2n) is 3.98. The van der Waals surface area contributed by atoms with Gasteiger partial charge >= 0.3 is 0 Å². The van der Waals surface area contributed by atoms with Crippen molar-refractivity contribution in [2.24, 2.45) is 5.92 Å². The van der Waals surface area contributed by atoms with Gasteiger partial charge in [0.05, 0.1) is 6.61 Å². The maximum atomic E-state index is 5.34. The van der Waals surface area contributed by atoms with Crippen LogP contribution in [0.5, 0.6) is 0 Å². The minimum atomic E-state index is 0.574. The van der Waals surface area contributed by atoms with E-state index in [-0.39, 0.29) is 0 Å². The number of rotatable bonds is 7. The van der Waals surface area contributed by atoms with E-state index in [1.165, 1.54) is 17.7 Å². The van der Waals surface area contributed by atoms with Crippen LogP contribution in [0.25, 0.3) is 0 Å². The molecular weight excluding hydrogens is 206 g/mol. The molecule has 0 spiro atoms. The van der Waals surface area contributed by atoms with E-state index in [1.54, 1.807) is 0 Å². The molecule has 3 heteroatoms. The second-order valence-corrected chi connectivity index (χ2v) is 4.96. The Morgan fingerprint density at radius 3 is 3.07 bits per heavy atom. The Labute approximate surface area is 95.6 Å². The van der Waals surface area contributed by atoms with Crippen LogP contribution in [0.15, 0.2) is 17.5 Å². The topological polar surface area (TPSA) is 21.3 Å². The average Bonchev–Trinajstić information content (AvgIpc) is 2.93. The molecule has 0 aliphatic heterocycles. The van der Waals surface area contributed by atoms with E-state index in [4.69, 9.17) is 4.74 Å². The lowest BCUT2D eigenvalue weighted by molar-refractivity contribution is 0.146. The Bertz CT molecular complexity index is 269. The summed E-state index contributed by atoms with van der Waals surface area (Å²) in [6.45, 7) is 4.64. The summed E-state index contributed by atoms with van der Waals surface area (Å²) in [5.41, 5.74) is 0. The minimum Gasteiger partial charge on any atom is -0.380 e. The quantitative estimate of drug-likeness (QED) is 0.720. The lowest BCUT2D eigenvalue weighted by Gasteiger charge is -2.16. The number of hydrogen-bond donors (Lipinski definition) is 1. The maximum absolute atomic E-state index is 5.34. The van der Waals surface area contributed by atoms with E-state index < -0.39 is 0 Å². The average molecular weight is 225 g/mol. The fourth-order valence-electron chi connectivity index (χ4n) is 1.83. The van der Waals surface area contributed by atoms with E-state index in [0.717, 1.165) is 25.7 Å². The Morgan fingerprint density at radius 2 is 2.47 bits per heavy atom.